The van der Waals surface area contributed by atoms with Crippen molar-refractivity contribution in [1.29, 1.82) is 0 Å². The van der Waals surface area contributed by atoms with Crippen LogP contribution in [-0.2, 0) is 23.1 Å². The monoisotopic (exact) mass is 694 g/mol. The van der Waals surface area contributed by atoms with Crippen molar-refractivity contribution in [2.75, 3.05) is 23.4 Å². The van der Waals surface area contributed by atoms with Crippen molar-refractivity contribution in [3.05, 3.63) is 45.4 Å². The number of nitrogens with one attached hydrogen (secondary N) is 3. The number of carbonyl (C=O) groups is 2. The average Bonchev–Trinajstić information content (AvgIpc) is 3.72. The molecular weight excluding hydrogens is 656 g/mol. The van der Waals surface area contributed by atoms with Crippen LogP contribution in [0.25, 0.3) is 11.0 Å². The number of amides is 2. The number of ether oxygens (including phenoxy) is 1. The van der Waals surface area contributed by atoms with Gasteiger partial charge in [0.05, 0.1) is 62.7 Å². The predicted molar refractivity (Wildman–Crippen MR) is 177 cm³/mol. The Morgan fingerprint density at radius 3 is 2.43 bits per heavy atom. The number of aromatic nitrogens is 2. The molecule has 2 amide bonds. The highest BCUT2D eigenvalue weighted by Crippen LogP contribution is 2.40. The van der Waals surface area contributed by atoms with Crippen LogP contribution in [0.2, 0.25) is 10.0 Å². The zero-order chi connectivity index (χ0) is 33.8. The Balaban J connectivity index is 1.29. The maximum absolute atomic E-state index is 13.8. The van der Waals surface area contributed by atoms with Gasteiger partial charge in [-0.05, 0) is 55.9 Å². The summed E-state index contributed by atoms with van der Waals surface area (Å²) in [5, 5.41) is 9.87. The normalized spacial score (nSPS) is 23.0. The summed E-state index contributed by atoms with van der Waals surface area (Å²) in [6.45, 7) is 6.90. The van der Waals surface area contributed by atoms with Crippen LogP contribution < -0.4 is 20.9 Å². The lowest BCUT2D eigenvalue weighted by atomic mass is 9.85. The van der Waals surface area contributed by atoms with Crippen molar-refractivity contribution in [2.24, 2.45) is 18.4 Å². The highest BCUT2D eigenvalue weighted by Gasteiger charge is 2.43. The Bertz CT molecular complexity index is 1700. The van der Waals surface area contributed by atoms with E-state index in [1.165, 1.54) is 0 Å². The van der Waals surface area contributed by atoms with E-state index in [2.05, 4.69) is 20.9 Å². The van der Waals surface area contributed by atoms with Crippen LogP contribution in [0.15, 0.2) is 24.3 Å². The largest absolute Gasteiger partial charge is 0.391 e. The van der Waals surface area contributed by atoms with Crippen LogP contribution in [0, 0.1) is 11.3 Å². The van der Waals surface area contributed by atoms with Crippen molar-refractivity contribution >= 4 is 63.4 Å². The van der Waals surface area contributed by atoms with Crippen molar-refractivity contribution in [3.63, 3.8) is 0 Å². The van der Waals surface area contributed by atoms with E-state index in [0.717, 1.165) is 17.6 Å². The number of rotatable bonds is 7. The summed E-state index contributed by atoms with van der Waals surface area (Å²) in [6, 6.07) is 6.91. The first-order valence-corrected chi connectivity index (χ1v) is 16.6. The summed E-state index contributed by atoms with van der Waals surface area (Å²) in [6.07, 6.45) is -2.73. The molecule has 2 aromatic carbocycles. The number of morpholine rings is 1. The number of fused-ring (bicyclic) bond motifs is 3. The molecule has 2 saturated heterocycles. The lowest BCUT2D eigenvalue weighted by Crippen LogP contribution is -2.42. The summed E-state index contributed by atoms with van der Waals surface area (Å²) in [5.74, 6) is -1.35. The number of hydrogen-bond donors (Lipinski definition) is 3. The van der Waals surface area contributed by atoms with Crippen LogP contribution in [0.4, 0.5) is 30.5 Å². The van der Waals surface area contributed by atoms with E-state index in [1.54, 1.807) is 18.2 Å². The van der Waals surface area contributed by atoms with E-state index in [9.17, 15) is 22.8 Å². The third kappa shape index (κ3) is 6.87. The van der Waals surface area contributed by atoms with Gasteiger partial charge in [-0.2, -0.15) is 13.2 Å². The first kappa shape index (κ1) is 33.7. The molecule has 47 heavy (non-hydrogen) atoms. The molecule has 1 saturated carbocycles. The van der Waals surface area contributed by atoms with Gasteiger partial charge in [0.2, 0.25) is 11.9 Å². The standard InChI is InChI=1S/C33H39Cl2F3N6O3/c1-32(2,3)30(46)39-14-17-5-10-23(34)28(27(17)35)42-31-41-24-12-22(29(45)40-19-8-6-18(7-9-19)33(36,37)38)25(13-26(24)43(31)4)44-15-21-11-20(44)16-47-21/h5,10,12-13,18-21H,6-9,11,14-16H2,1-4H3,(H,39,46)(H,40,45)(H,41,42)/t18-,19-,20-,21-/m0/s1. The minimum absolute atomic E-state index is 0.00188. The number of benzene rings is 2. The number of carbonyl (C=O) groups excluding carboxylic acids is 2. The molecule has 3 N–H and O–H groups in total. The van der Waals surface area contributed by atoms with Gasteiger partial charge in [0.1, 0.15) is 0 Å². The van der Waals surface area contributed by atoms with Gasteiger partial charge in [-0.15, -0.1) is 0 Å². The molecule has 0 spiro atoms. The molecule has 0 radical (unpaired) electrons. The van der Waals surface area contributed by atoms with Crippen LogP contribution in [0.3, 0.4) is 0 Å². The van der Waals surface area contributed by atoms with Crippen LogP contribution in [0.5, 0.6) is 0 Å². The molecule has 254 valence electrons. The molecule has 2 atom stereocenters. The van der Waals surface area contributed by atoms with Crippen molar-refractivity contribution in [1.82, 2.24) is 20.2 Å². The van der Waals surface area contributed by atoms with E-state index in [-0.39, 0.29) is 62.2 Å². The summed E-state index contributed by atoms with van der Waals surface area (Å²) in [7, 11) is 1.84. The van der Waals surface area contributed by atoms with Gasteiger partial charge in [-0.3, -0.25) is 9.59 Å². The highest BCUT2D eigenvalue weighted by molar-refractivity contribution is 6.39. The molecule has 3 aromatic rings. The van der Waals surface area contributed by atoms with E-state index in [4.69, 9.17) is 32.9 Å². The van der Waals surface area contributed by atoms with Crippen molar-refractivity contribution in [3.8, 4) is 0 Å². The van der Waals surface area contributed by atoms with Gasteiger partial charge >= 0.3 is 6.18 Å². The number of nitrogens with zero attached hydrogens (tertiary/aromatic N) is 3. The zero-order valence-electron chi connectivity index (χ0n) is 26.7. The quantitative estimate of drug-likeness (QED) is 0.244. The van der Waals surface area contributed by atoms with E-state index in [1.807, 2.05) is 38.5 Å². The Morgan fingerprint density at radius 1 is 1.09 bits per heavy atom. The predicted octanol–water partition coefficient (Wildman–Crippen LogP) is 7.11. The fourth-order valence-corrected chi connectivity index (χ4v) is 7.21. The summed E-state index contributed by atoms with van der Waals surface area (Å²) in [5.41, 5.74) is 3.00. The Kier molecular flexibility index (Phi) is 9.08. The average molecular weight is 696 g/mol. The van der Waals surface area contributed by atoms with Crippen LogP contribution >= 0.6 is 23.2 Å². The van der Waals surface area contributed by atoms with E-state index >= 15 is 0 Å². The Labute approximate surface area is 281 Å². The number of anilines is 3. The molecule has 1 aromatic heterocycles. The van der Waals surface area contributed by atoms with Gasteiger partial charge in [0, 0.05) is 31.6 Å². The van der Waals surface area contributed by atoms with Gasteiger partial charge in [-0.25, -0.2) is 4.98 Å². The fourth-order valence-electron chi connectivity index (χ4n) is 6.68. The maximum atomic E-state index is 13.8. The zero-order valence-corrected chi connectivity index (χ0v) is 28.2. The number of alkyl halides is 3. The van der Waals surface area contributed by atoms with Gasteiger partial charge < -0.3 is 30.2 Å². The summed E-state index contributed by atoms with van der Waals surface area (Å²) in [4.78, 5) is 33.2. The first-order valence-electron chi connectivity index (χ1n) is 15.9. The van der Waals surface area contributed by atoms with Crippen molar-refractivity contribution < 1.29 is 27.5 Å². The van der Waals surface area contributed by atoms with E-state index < -0.39 is 17.5 Å². The molecule has 9 nitrogen and oxygen atoms in total. The van der Waals surface area contributed by atoms with Crippen molar-refractivity contribution in [2.45, 2.75) is 83.8 Å². The van der Waals surface area contributed by atoms with E-state index in [0.29, 0.717) is 51.5 Å². The Morgan fingerprint density at radius 2 is 1.81 bits per heavy atom. The molecule has 3 fully saturated rings. The van der Waals surface area contributed by atoms with Gasteiger partial charge in [0.25, 0.3) is 5.91 Å². The lowest BCUT2D eigenvalue weighted by molar-refractivity contribution is -0.182. The highest BCUT2D eigenvalue weighted by atomic mass is 35.5. The van der Waals surface area contributed by atoms with Gasteiger partial charge in [0.15, 0.2) is 0 Å². The minimum atomic E-state index is -4.22. The number of hydrogen-bond acceptors (Lipinski definition) is 6. The second-order valence-corrected chi connectivity index (χ2v) is 14.7. The second-order valence-electron chi connectivity index (χ2n) is 13.9. The first-order chi connectivity index (χ1) is 22.1. The molecule has 14 heteroatoms. The topological polar surface area (TPSA) is 101 Å². The summed E-state index contributed by atoms with van der Waals surface area (Å²) < 4.78 is 47.4. The molecule has 3 aliphatic rings. The third-order valence-corrected chi connectivity index (χ3v) is 10.3. The lowest BCUT2D eigenvalue weighted by Gasteiger charge is -2.32. The number of halogens is 5. The van der Waals surface area contributed by atoms with Crippen LogP contribution in [-0.4, -0.2) is 58.9 Å². The molecule has 1 aliphatic carbocycles. The molecule has 2 bridgehead atoms. The SMILES string of the molecule is Cn1c(Nc2c(Cl)ccc(CNC(=O)C(C)(C)C)c2Cl)nc2cc(C(=O)N[C@H]3CC[C@H](C(F)(F)F)CC3)c(N3C[C@@H]4C[C@H]3CO4)cc21. The molecule has 6 rings (SSSR count). The number of aryl methyl sites for hydroxylation is 1. The second kappa shape index (κ2) is 12.7. The summed E-state index contributed by atoms with van der Waals surface area (Å²) >= 11 is 13.4. The fraction of sp³-hybridized carbons (Fsp3) is 0.545. The van der Waals surface area contributed by atoms with Crippen LogP contribution in [0.1, 0.15) is 68.8 Å². The molecule has 0 unspecified atom stereocenters. The smallest absolute Gasteiger partial charge is 0.374 e. The maximum Gasteiger partial charge on any atom is 0.391 e. The Hall–Kier alpha value is -3.22. The number of imidazole rings is 1. The minimum Gasteiger partial charge on any atom is -0.374 e. The molecule has 2 aliphatic heterocycles. The van der Waals surface area contributed by atoms with Gasteiger partial charge in [-0.1, -0.05) is 50.0 Å². The third-order valence-electron chi connectivity index (χ3n) is 9.51. The molecule has 3 heterocycles. The molecular formula is C33H39Cl2F3N6O3.